The van der Waals surface area contributed by atoms with Crippen LogP contribution in [0.15, 0.2) is 60.9 Å². The topological polar surface area (TPSA) is 82.9 Å². The molecule has 0 saturated heterocycles. The van der Waals surface area contributed by atoms with Gasteiger partial charge < -0.3 is 15.0 Å². The Morgan fingerprint density at radius 1 is 1.18 bits per heavy atom. The number of carbonyl (C=O) groups excluding carboxylic acids is 1. The van der Waals surface area contributed by atoms with Crippen LogP contribution in [0.3, 0.4) is 0 Å². The maximum absolute atomic E-state index is 12.1. The summed E-state index contributed by atoms with van der Waals surface area (Å²) in [5.74, 6) is 0.431. The summed E-state index contributed by atoms with van der Waals surface area (Å²) in [6.07, 6.45) is 3.01. The molecule has 2 aromatic heterocycles. The number of rotatable bonds is 5. The van der Waals surface area contributed by atoms with Crippen molar-refractivity contribution >= 4 is 47.0 Å². The number of hydrogen-bond acceptors (Lipinski definition) is 5. The molecule has 1 amide bonds. The summed E-state index contributed by atoms with van der Waals surface area (Å²) in [6, 6.07) is 15.6. The van der Waals surface area contributed by atoms with E-state index in [1.54, 1.807) is 6.20 Å². The minimum absolute atomic E-state index is 0.331. The van der Waals surface area contributed by atoms with Gasteiger partial charge in [-0.25, -0.2) is 9.97 Å². The van der Waals surface area contributed by atoms with Crippen LogP contribution in [-0.4, -0.2) is 37.9 Å². The fraction of sp³-hybridized carbons (Fsp3) is 0.200. The number of benzene rings is 2. The number of halogens is 1. The van der Waals surface area contributed by atoms with Gasteiger partial charge in [-0.05, 0) is 39.0 Å². The number of carbonyl (C=O) groups is 1. The van der Waals surface area contributed by atoms with Crippen molar-refractivity contribution < 1.29 is 14.1 Å². The molecule has 0 aliphatic carbocycles. The van der Waals surface area contributed by atoms with Crippen molar-refractivity contribution in [2.45, 2.75) is 32.9 Å². The molecule has 4 rings (SSSR count). The molecule has 2 heterocycles. The van der Waals surface area contributed by atoms with Crippen molar-refractivity contribution in [3.05, 3.63) is 71.5 Å². The zero-order chi connectivity index (χ0) is 23.6. The molecule has 0 unspecified atom stereocenters. The Balaban J connectivity index is 1.48. The second-order valence-electron chi connectivity index (χ2n) is 8.64. The van der Waals surface area contributed by atoms with Gasteiger partial charge in [0.1, 0.15) is 12.3 Å². The number of fused-ring (bicyclic) bond motifs is 1. The summed E-state index contributed by atoms with van der Waals surface area (Å²) < 4.78 is 6.63. The number of H-pyrrole nitrogens is 1. The summed E-state index contributed by atoms with van der Waals surface area (Å²) in [5, 5.41) is 4.71. The standard InChI is InChI=1S/C25H25ClN5O2/c1-25(2,3)33-24(32)31(4)15-16-9-11-17(12-10-16)29-23-28-14-20(26)22(30-23)19-13-27-21-8-6-5-7-18(19)21/h5-14,27H,4,15H2,1-3H3,(H,28,29,30)/q+1. The predicted molar refractivity (Wildman–Crippen MR) is 131 cm³/mol. The van der Waals surface area contributed by atoms with Crippen LogP contribution < -0.4 is 5.32 Å². The third-order valence-electron chi connectivity index (χ3n) is 4.82. The zero-order valence-electron chi connectivity index (χ0n) is 18.7. The highest BCUT2D eigenvalue weighted by atomic mass is 35.5. The fourth-order valence-electron chi connectivity index (χ4n) is 3.32. The molecular formula is C25H25ClN5O2+. The zero-order valence-corrected chi connectivity index (χ0v) is 19.5. The first-order valence-corrected chi connectivity index (χ1v) is 10.8. The molecule has 7 nitrogen and oxygen atoms in total. The van der Waals surface area contributed by atoms with Gasteiger partial charge >= 0.3 is 6.09 Å². The molecule has 2 aromatic carbocycles. The Hall–Kier alpha value is -3.71. The van der Waals surface area contributed by atoms with E-state index in [2.05, 4.69) is 27.0 Å². The largest absolute Gasteiger partial charge is 0.596 e. The van der Waals surface area contributed by atoms with E-state index in [-0.39, 0.29) is 0 Å². The van der Waals surface area contributed by atoms with E-state index in [0.29, 0.717) is 23.2 Å². The van der Waals surface area contributed by atoms with E-state index in [9.17, 15) is 4.79 Å². The van der Waals surface area contributed by atoms with E-state index >= 15 is 0 Å². The Morgan fingerprint density at radius 2 is 1.91 bits per heavy atom. The summed E-state index contributed by atoms with van der Waals surface area (Å²) in [5.41, 5.74) is 3.72. The first-order chi connectivity index (χ1) is 15.7. The van der Waals surface area contributed by atoms with Crippen LogP contribution >= 0.6 is 11.6 Å². The van der Waals surface area contributed by atoms with Crippen LogP contribution in [0.5, 0.6) is 0 Å². The minimum atomic E-state index is -0.565. The molecule has 0 spiro atoms. The lowest BCUT2D eigenvalue weighted by Crippen LogP contribution is -2.29. The van der Waals surface area contributed by atoms with Gasteiger partial charge in [0.05, 0.1) is 16.9 Å². The van der Waals surface area contributed by atoms with Crippen molar-refractivity contribution in [3.8, 4) is 11.3 Å². The maximum Gasteiger partial charge on any atom is 0.596 e. The number of aromatic amines is 1. The van der Waals surface area contributed by atoms with Crippen LogP contribution in [0.2, 0.25) is 5.02 Å². The monoisotopic (exact) mass is 462 g/mol. The van der Waals surface area contributed by atoms with E-state index < -0.39 is 11.7 Å². The van der Waals surface area contributed by atoms with Gasteiger partial charge in [0, 0.05) is 33.9 Å². The van der Waals surface area contributed by atoms with Crippen molar-refractivity contribution in [1.29, 1.82) is 0 Å². The second-order valence-corrected chi connectivity index (χ2v) is 9.05. The lowest BCUT2D eigenvalue weighted by atomic mass is 10.1. The number of amides is 1. The van der Waals surface area contributed by atoms with E-state index in [0.717, 1.165) is 27.7 Å². The number of nitrogens with one attached hydrogen (secondary N) is 2. The summed E-state index contributed by atoms with van der Waals surface area (Å²) in [6.45, 7) is 9.57. The van der Waals surface area contributed by atoms with Gasteiger partial charge in [0.15, 0.2) is 6.54 Å². The summed E-state index contributed by atoms with van der Waals surface area (Å²) in [7, 11) is 0. The molecule has 0 aliphatic heterocycles. The Morgan fingerprint density at radius 3 is 2.64 bits per heavy atom. The molecular weight excluding hydrogens is 438 g/mol. The molecule has 0 saturated carbocycles. The minimum Gasteiger partial charge on any atom is -0.406 e. The molecule has 0 fully saturated rings. The fourth-order valence-corrected chi connectivity index (χ4v) is 3.51. The first kappa shape index (κ1) is 22.5. The Bertz CT molecular complexity index is 1320. The molecule has 0 bridgehead atoms. The third-order valence-corrected chi connectivity index (χ3v) is 5.10. The number of aromatic nitrogens is 3. The highest BCUT2D eigenvalue weighted by molar-refractivity contribution is 6.33. The maximum atomic E-state index is 12.1. The molecule has 33 heavy (non-hydrogen) atoms. The van der Waals surface area contributed by atoms with Gasteiger partial charge in [-0.15, -0.1) is 4.58 Å². The average Bonchev–Trinajstić information content (AvgIpc) is 3.19. The molecule has 0 radical (unpaired) electrons. The molecule has 0 aliphatic rings. The lowest BCUT2D eigenvalue weighted by Gasteiger charge is -2.16. The SMILES string of the molecule is C=[N+](Cc1ccc(Nc2ncc(Cl)c(-c3c[nH]c4ccccc34)n2)cc1)C(=O)OC(C)(C)C. The quantitative estimate of drug-likeness (QED) is 0.273. The van der Waals surface area contributed by atoms with Crippen LogP contribution in [0, 0.1) is 0 Å². The first-order valence-electron chi connectivity index (χ1n) is 10.5. The van der Waals surface area contributed by atoms with Crippen molar-refractivity contribution in [3.63, 3.8) is 0 Å². The molecule has 0 atom stereocenters. The number of nitrogens with zero attached hydrogens (tertiary/aromatic N) is 3. The number of para-hydroxylation sites is 1. The average molecular weight is 463 g/mol. The second kappa shape index (κ2) is 9.03. The van der Waals surface area contributed by atoms with E-state index in [1.165, 1.54) is 4.58 Å². The van der Waals surface area contributed by atoms with Gasteiger partial charge in [-0.2, -0.15) is 4.79 Å². The van der Waals surface area contributed by atoms with Crippen molar-refractivity contribution in [1.82, 2.24) is 15.0 Å². The normalized spacial score (nSPS) is 11.4. The number of hydrogen-bond donors (Lipinski definition) is 2. The molecule has 4 aromatic rings. The van der Waals surface area contributed by atoms with Crippen LogP contribution in [0.1, 0.15) is 26.3 Å². The highest BCUT2D eigenvalue weighted by Crippen LogP contribution is 2.32. The van der Waals surface area contributed by atoms with Crippen LogP contribution in [-0.2, 0) is 11.3 Å². The van der Waals surface area contributed by atoms with Gasteiger partial charge in [0.25, 0.3) is 0 Å². The van der Waals surface area contributed by atoms with E-state index in [4.69, 9.17) is 16.3 Å². The van der Waals surface area contributed by atoms with Gasteiger partial charge in [-0.3, -0.25) is 0 Å². The van der Waals surface area contributed by atoms with Gasteiger partial charge in [0.2, 0.25) is 5.95 Å². The summed E-state index contributed by atoms with van der Waals surface area (Å²) in [4.78, 5) is 24.3. The van der Waals surface area contributed by atoms with Crippen LogP contribution in [0.25, 0.3) is 22.2 Å². The molecule has 168 valence electrons. The molecule has 2 N–H and O–H groups in total. The third kappa shape index (κ3) is 5.38. The number of anilines is 2. The highest BCUT2D eigenvalue weighted by Gasteiger charge is 2.25. The van der Waals surface area contributed by atoms with Crippen LogP contribution in [0.4, 0.5) is 16.4 Å². The van der Waals surface area contributed by atoms with E-state index in [1.807, 2.05) is 75.5 Å². The van der Waals surface area contributed by atoms with Crippen molar-refractivity contribution in [2.75, 3.05) is 5.32 Å². The Kier molecular flexibility index (Phi) is 6.16. The smallest absolute Gasteiger partial charge is 0.406 e. The number of ether oxygens (including phenoxy) is 1. The van der Waals surface area contributed by atoms with Crippen molar-refractivity contribution in [2.24, 2.45) is 0 Å². The lowest BCUT2D eigenvalue weighted by molar-refractivity contribution is -0.458. The van der Waals surface area contributed by atoms with Gasteiger partial charge in [-0.1, -0.05) is 41.9 Å². The molecule has 8 heteroatoms. The predicted octanol–water partition coefficient (Wildman–Crippen LogP) is 6.17. The Labute approximate surface area is 197 Å². The summed E-state index contributed by atoms with van der Waals surface area (Å²) >= 11 is 6.41.